The molecule has 1 aromatic carbocycles. The maximum absolute atomic E-state index is 12.6. The molecule has 25 heavy (non-hydrogen) atoms. The van der Waals surface area contributed by atoms with Gasteiger partial charge in [-0.3, -0.25) is 4.79 Å². The van der Waals surface area contributed by atoms with Crippen molar-refractivity contribution in [2.45, 2.75) is 37.6 Å². The molecule has 0 saturated heterocycles. The second-order valence-corrected chi connectivity index (χ2v) is 7.41. The summed E-state index contributed by atoms with van der Waals surface area (Å²) in [5.74, 6) is -2.06. The molecular weight excluding hydrogens is 348 g/mol. The second-order valence-electron chi connectivity index (χ2n) is 5.48. The Kier molecular flexibility index (Phi) is 8.01. The van der Waals surface area contributed by atoms with Gasteiger partial charge < -0.3 is 15.5 Å². The van der Waals surface area contributed by atoms with Crippen molar-refractivity contribution in [3.8, 4) is 0 Å². The van der Waals surface area contributed by atoms with E-state index in [4.69, 9.17) is 10.2 Å². The molecule has 0 aliphatic carbocycles. The van der Waals surface area contributed by atoms with Crippen LogP contribution in [0.15, 0.2) is 29.2 Å². The molecule has 0 radical (unpaired) electrons. The topological polar surface area (TPSA) is 124 Å². The summed E-state index contributed by atoms with van der Waals surface area (Å²) in [7, 11) is -3.64. The lowest BCUT2D eigenvalue weighted by atomic mass is 10.2. The highest BCUT2D eigenvalue weighted by Crippen LogP contribution is 2.17. The fourth-order valence-corrected chi connectivity index (χ4v) is 3.83. The van der Waals surface area contributed by atoms with Gasteiger partial charge in [0.25, 0.3) is 5.91 Å². The average molecular weight is 372 g/mol. The van der Waals surface area contributed by atoms with E-state index in [0.717, 1.165) is 0 Å². The molecule has 0 aliphatic heterocycles. The first-order valence-electron chi connectivity index (χ1n) is 8.02. The number of carboxylic acids is 1. The number of hydrogen-bond acceptors (Lipinski definition) is 5. The van der Waals surface area contributed by atoms with Gasteiger partial charge in [0.2, 0.25) is 10.0 Å². The molecule has 0 bridgehead atoms. The minimum atomic E-state index is -3.64. The highest BCUT2D eigenvalue weighted by atomic mass is 32.2. The quantitative estimate of drug-likeness (QED) is 0.555. The summed E-state index contributed by atoms with van der Waals surface area (Å²) in [6.07, 6.45) is 1.38. The first kappa shape index (κ1) is 21.1. The molecule has 0 saturated carbocycles. The molecule has 0 aromatic heterocycles. The van der Waals surface area contributed by atoms with E-state index in [1.54, 1.807) is 0 Å². The molecule has 0 unspecified atom stereocenters. The lowest BCUT2D eigenvalue weighted by molar-refractivity contribution is -0.140. The van der Waals surface area contributed by atoms with Gasteiger partial charge in [-0.25, -0.2) is 13.2 Å². The predicted octanol–water partition coefficient (Wildman–Crippen LogP) is 0.673. The van der Waals surface area contributed by atoms with E-state index in [9.17, 15) is 18.0 Å². The van der Waals surface area contributed by atoms with Crippen LogP contribution in [0, 0.1) is 0 Å². The number of hydrogen-bond donors (Lipinski definition) is 3. The van der Waals surface area contributed by atoms with Crippen molar-refractivity contribution in [3.63, 3.8) is 0 Å². The number of aliphatic hydroxyl groups is 1. The maximum Gasteiger partial charge on any atom is 0.328 e. The van der Waals surface area contributed by atoms with Crippen LogP contribution in [-0.4, -0.2) is 60.6 Å². The summed E-state index contributed by atoms with van der Waals surface area (Å²) in [6, 6.07) is 3.85. The zero-order valence-corrected chi connectivity index (χ0v) is 15.1. The van der Waals surface area contributed by atoms with Gasteiger partial charge in [0.15, 0.2) is 6.04 Å². The fraction of sp³-hybridized carbons (Fsp3) is 0.500. The normalized spacial score (nSPS) is 12.8. The van der Waals surface area contributed by atoms with Crippen LogP contribution in [0.25, 0.3) is 0 Å². The molecule has 0 heterocycles. The zero-order chi connectivity index (χ0) is 19.0. The summed E-state index contributed by atoms with van der Waals surface area (Å²) in [4.78, 5) is 22.9. The van der Waals surface area contributed by atoms with Crippen LogP contribution in [0.5, 0.6) is 0 Å². The van der Waals surface area contributed by atoms with Gasteiger partial charge >= 0.3 is 5.97 Å². The molecule has 0 spiro atoms. The molecule has 0 fully saturated rings. The Labute approximate surface area is 147 Å². The molecule has 140 valence electrons. The number of carboxylic acid groups (broad SMARTS) is 1. The highest BCUT2D eigenvalue weighted by Gasteiger charge is 2.24. The Hall–Kier alpha value is -1.97. The zero-order valence-electron chi connectivity index (χ0n) is 14.3. The lowest BCUT2D eigenvalue weighted by Gasteiger charge is -2.21. The van der Waals surface area contributed by atoms with Crippen molar-refractivity contribution < 1.29 is 28.2 Å². The third-order valence-electron chi connectivity index (χ3n) is 3.49. The van der Waals surface area contributed by atoms with Crippen molar-refractivity contribution in [1.82, 2.24) is 9.62 Å². The number of amides is 1. The molecule has 3 N–H and O–H groups in total. The van der Waals surface area contributed by atoms with Gasteiger partial charge in [-0.1, -0.05) is 13.8 Å². The summed E-state index contributed by atoms with van der Waals surface area (Å²) < 4.78 is 26.6. The second kappa shape index (κ2) is 9.50. The maximum atomic E-state index is 12.6. The van der Waals surface area contributed by atoms with Crippen LogP contribution in [-0.2, 0) is 14.8 Å². The fourth-order valence-electron chi connectivity index (χ4n) is 2.21. The Morgan fingerprint density at radius 2 is 1.64 bits per heavy atom. The number of nitrogens with zero attached hydrogens (tertiary/aromatic N) is 1. The number of rotatable bonds is 10. The summed E-state index contributed by atoms with van der Waals surface area (Å²) >= 11 is 0. The Bertz CT molecular complexity index is 681. The lowest BCUT2D eigenvalue weighted by Crippen LogP contribution is -2.43. The van der Waals surface area contributed by atoms with E-state index in [0.29, 0.717) is 25.9 Å². The first-order chi connectivity index (χ1) is 11.8. The van der Waals surface area contributed by atoms with E-state index in [1.165, 1.54) is 28.6 Å². The predicted molar refractivity (Wildman–Crippen MR) is 91.8 cm³/mol. The van der Waals surface area contributed by atoms with Crippen LogP contribution in [0.3, 0.4) is 0 Å². The molecule has 1 aromatic rings. The van der Waals surface area contributed by atoms with Crippen LogP contribution < -0.4 is 5.32 Å². The first-order valence-corrected chi connectivity index (χ1v) is 9.46. The van der Waals surface area contributed by atoms with E-state index in [1.807, 2.05) is 13.8 Å². The van der Waals surface area contributed by atoms with E-state index in [-0.39, 0.29) is 10.5 Å². The molecule has 9 heteroatoms. The third kappa shape index (κ3) is 5.52. The smallest absolute Gasteiger partial charge is 0.328 e. The van der Waals surface area contributed by atoms with Crippen molar-refractivity contribution in [2.24, 2.45) is 0 Å². The summed E-state index contributed by atoms with van der Waals surface area (Å²) in [5.41, 5.74) is 0.108. The van der Waals surface area contributed by atoms with Crippen LogP contribution in [0.2, 0.25) is 0 Å². The number of benzene rings is 1. The summed E-state index contributed by atoms with van der Waals surface area (Å²) in [6.45, 7) is 3.87. The van der Waals surface area contributed by atoms with Gasteiger partial charge in [0.1, 0.15) is 0 Å². The number of carbonyl (C=O) groups excluding carboxylic acids is 1. The summed E-state index contributed by atoms with van der Waals surface area (Å²) in [5, 5.41) is 19.9. The van der Waals surface area contributed by atoms with Gasteiger partial charge in [-0.2, -0.15) is 4.31 Å². The molecule has 0 aliphatic rings. The number of aliphatic hydroxyl groups excluding tert-OH is 1. The van der Waals surface area contributed by atoms with E-state index in [2.05, 4.69) is 5.32 Å². The van der Waals surface area contributed by atoms with Crippen molar-refractivity contribution in [2.75, 3.05) is 19.7 Å². The minimum Gasteiger partial charge on any atom is -0.480 e. The number of sulfonamides is 1. The van der Waals surface area contributed by atoms with Gasteiger partial charge in [-0.15, -0.1) is 0 Å². The SMILES string of the molecule is CCCN(CCC)S(=O)(=O)c1ccc(C(=O)N[C@@H](CO)C(=O)O)cc1. The molecule has 1 amide bonds. The number of aliphatic carboxylic acids is 1. The van der Waals surface area contributed by atoms with E-state index >= 15 is 0 Å². The van der Waals surface area contributed by atoms with Crippen molar-refractivity contribution in [1.29, 1.82) is 0 Å². The van der Waals surface area contributed by atoms with Crippen LogP contribution in [0.4, 0.5) is 0 Å². The monoisotopic (exact) mass is 372 g/mol. The van der Waals surface area contributed by atoms with Gasteiger partial charge in [0.05, 0.1) is 11.5 Å². The Morgan fingerprint density at radius 3 is 2.04 bits per heavy atom. The van der Waals surface area contributed by atoms with Crippen LogP contribution in [0.1, 0.15) is 37.0 Å². The Balaban J connectivity index is 2.97. The average Bonchev–Trinajstić information content (AvgIpc) is 2.59. The van der Waals surface area contributed by atoms with Gasteiger partial charge in [0, 0.05) is 18.7 Å². The number of nitrogens with one attached hydrogen (secondary N) is 1. The minimum absolute atomic E-state index is 0.0721. The number of carbonyl (C=O) groups is 2. The molecule has 1 atom stereocenters. The molecule has 1 rings (SSSR count). The van der Waals surface area contributed by atoms with Crippen molar-refractivity contribution in [3.05, 3.63) is 29.8 Å². The Morgan fingerprint density at radius 1 is 1.12 bits per heavy atom. The highest BCUT2D eigenvalue weighted by molar-refractivity contribution is 7.89. The third-order valence-corrected chi connectivity index (χ3v) is 5.40. The van der Waals surface area contributed by atoms with Crippen LogP contribution >= 0.6 is 0 Å². The van der Waals surface area contributed by atoms with Gasteiger partial charge in [-0.05, 0) is 37.1 Å². The molecular formula is C16H24N2O6S. The van der Waals surface area contributed by atoms with Crippen molar-refractivity contribution >= 4 is 21.9 Å². The largest absolute Gasteiger partial charge is 0.480 e. The standard InChI is InChI=1S/C16H24N2O6S/c1-3-9-18(10-4-2)25(23,24)13-7-5-12(6-8-13)15(20)17-14(11-19)16(21)22/h5-8,14,19H,3-4,9-11H2,1-2H3,(H,17,20)(H,21,22)/t14-/m0/s1. The molecule has 8 nitrogen and oxygen atoms in total. The van der Waals surface area contributed by atoms with E-state index < -0.39 is 34.5 Å².